The van der Waals surface area contributed by atoms with Crippen molar-refractivity contribution in [3.63, 3.8) is 0 Å². The Kier molecular flexibility index (Phi) is 4.89. The van der Waals surface area contributed by atoms with Crippen molar-refractivity contribution < 1.29 is 13.9 Å². The van der Waals surface area contributed by atoms with Crippen LogP contribution in [0.15, 0.2) is 12.3 Å². The van der Waals surface area contributed by atoms with Crippen molar-refractivity contribution in [2.75, 3.05) is 27.2 Å². The summed E-state index contributed by atoms with van der Waals surface area (Å²) in [4.78, 5) is 17.5. The molecule has 1 amide bonds. The van der Waals surface area contributed by atoms with Gasteiger partial charge in [-0.1, -0.05) is 0 Å². The maximum atomic E-state index is 14.0. The van der Waals surface area contributed by atoms with Crippen LogP contribution < -0.4 is 10.1 Å². The van der Waals surface area contributed by atoms with Gasteiger partial charge in [0.15, 0.2) is 5.82 Å². The third kappa shape index (κ3) is 3.25. The number of nitrogens with zero attached hydrogens (tertiary/aromatic N) is 2. The molecule has 1 aliphatic rings. The molecule has 6 heteroatoms. The van der Waals surface area contributed by atoms with Crippen LogP contribution in [-0.4, -0.2) is 43.0 Å². The van der Waals surface area contributed by atoms with E-state index in [9.17, 15) is 9.18 Å². The van der Waals surface area contributed by atoms with E-state index in [1.165, 1.54) is 7.11 Å². The van der Waals surface area contributed by atoms with Crippen molar-refractivity contribution in [3.8, 4) is 5.88 Å². The van der Waals surface area contributed by atoms with Crippen LogP contribution in [0.5, 0.6) is 5.88 Å². The van der Waals surface area contributed by atoms with Gasteiger partial charge in [-0.2, -0.15) is 0 Å². The number of ether oxygens (including phenoxy) is 1. The topological polar surface area (TPSA) is 54.5 Å². The summed E-state index contributed by atoms with van der Waals surface area (Å²) in [5.41, 5.74) is 0.579. The minimum absolute atomic E-state index is 0.0303. The van der Waals surface area contributed by atoms with Crippen molar-refractivity contribution in [3.05, 3.63) is 23.6 Å². The molecule has 5 nitrogen and oxygen atoms in total. The molecule has 0 unspecified atom stereocenters. The first-order valence-electron chi connectivity index (χ1n) is 6.77. The number of carbonyl (C=O) groups is 1. The number of rotatable bonds is 4. The average molecular weight is 281 g/mol. The maximum absolute atomic E-state index is 14.0. The van der Waals surface area contributed by atoms with Crippen molar-refractivity contribution in [1.29, 1.82) is 0 Å². The Hall–Kier alpha value is -1.69. The summed E-state index contributed by atoms with van der Waals surface area (Å²) >= 11 is 0. The minimum Gasteiger partial charge on any atom is -0.479 e. The van der Waals surface area contributed by atoms with Crippen LogP contribution in [0.1, 0.15) is 18.4 Å². The Morgan fingerprint density at radius 1 is 1.55 bits per heavy atom. The van der Waals surface area contributed by atoms with Gasteiger partial charge in [-0.15, -0.1) is 0 Å². The molecule has 2 heterocycles. The molecule has 1 fully saturated rings. The van der Waals surface area contributed by atoms with E-state index < -0.39 is 5.82 Å². The fourth-order valence-electron chi connectivity index (χ4n) is 2.52. The van der Waals surface area contributed by atoms with Gasteiger partial charge >= 0.3 is 0 Å². The largest absolute Gasteiger partial charge is 0.479 e. The minimum atomic E-state index is -0.400. The first kappa shape index (κ1) is 14.7. The van der Waals surface area contributed by atoms with Crippen molar-refractivity contribution in [1.82, 2.24) is 15.2 Å². The number of pyridine rings is 1. The van der Waals surface area contributed by atoms with E-state index in [0.717, 1.165) is 25.9 Å². The van der Waals surface area contributed by atoms with Gasteiger partial charge in [0.2, 0.25) is 11.8 Å². The summed E-state index contributed by atoms with van der Waals surface area (Å²) in [6.07, 6.45) is 3.17. The van der Waals surface area contributed by atoms with Crippen LogP contribution in [0.3, 0.4) is 0 Å². The molecule has 0 bridgehead atoms. The number of amides is 1. The molecule has 0 aliphatic carbocycles. The summed E-state index contributed by atoms with van der Waals surface area (Å²) in [5.74, 6) is -0.194. The molecule has 1 aliphatic heterocycles. The van der Waals surface area contributed by atoms with Crippen molar-refractivity contribution in [2.24, 2.45) is 5.92 Å². The second kappa shape index (κ2) is 6.65. The molecular formula is C14H20FN3O2. The van der Waals surface area contributed by atoms with Gasteiger partial charge in [0.05, 0.1) is 7.11 Å². The molecule has 0 spiro atoms. The van der Waals surface area contributed by atoms with Crippen LogP contribution in [0.4, 0.5) is 4.39 Å². The Balaban J connectivity index is 1.94. The molecule has 1 aromatic heterocycles. The second-order valence-corrected chi connectivity index (χ2v) is 4.96. The van der Waals surface area contributed by atoms with Crippen molar-refractivity contribution in [2.45, 2.75) is 19.4 Å². The first-order chi connectivity index (χ1) is 9.65. The predicted molar refractivity (Wildman–Crippen MR) is 72.8 cm³/mol. The molecule has 20 heavy (non-hydrogen) atoms. The van der Waals surface area contributed by atoms with Crippen LogP contribution in [0.2, 0.25) is 0 Å². The summed E-state index contributed by atoms with van der Waals surface area (Å²) < 4.78 is 18.9. The van der Waals surface area contributed by atoms with Gasteiger partial charge < -0.3 is 10.1 Å². The normalized spacial score (nSPS) is 16.9. The van der Waals surface area contributed by atoms with Gasteiger partial charge in [-0.05, 0) is 32.0 Å². The lowest BCUT2D eigenvalue weighted by molar-refractivity contribution is -0.125. The van der Waals surface area contributed by atoms with E-state index in [1.807, 2.05) is 0 Å². The fourth-order valence-corrected chi connectivity index (χ4v) is 2.52. The van der Waals surface area contributed by atoms with Gasteiger partial charge in [-0.25, -0.2) is 9.37 Å². The summed E-state index contributed by atoms with van der Waals surface area (Å²) in [7, 11) is 3.07. The number of methoxy groups -OCH3 is 1. The van der Waals surface area contributed by atoms with Crippen LogP contribution in [0, 0.1) is 11.7 Å². The Morgan fingerprint density at radius 3 is 2.85 bits per heavy atom. The number of piperidine rings is 1. The average Bonchev–Trinajstić information content (AvgIpc) is 2.49. The molecule has 1 saturated heterocycles. The highest BCUT2D eigenvalue weighted by atomic mass is 19.1. The van der Waals surface area contributed by atoms with E-state index in [-0.39, 0.29) is 17.7 Å². The Labute approximate surface area is 118 Å². The van der Waals surface area contributed by atoms with Crippen molar-refractivity contribution >= 4 is 5.91 Å². The third-order valence-electron chi connectivity index (χ3n) is 3.73. The third-order valence-corrected chi connectivity index (χ3v) is 3.73. The van der Waals surface area contributed by atoms with Crippen LogP contribution in [0.25, 0.3) is 0 Å². The smallest absolute Gasteiger partial charge is 0.250 e. The zero-order valence-electron chi connectivity index (χ0n) is 11.9. The van der Waals surface area contributed by atoms with Gasteiger partial charge in [0, 0.05) is 31.3 Å². The molecule has 0 aromatic carbocycles. The maximum Gasteiger partial charge on any atom is 0.250 e. The van der Waals surface area contributed by atoms with E-state index in [1.54, 1.807) is 19.3 Å². The molecule has 110 valence electrons. The van der Waals surface area contributed by atoms with E-state index >= 15 is 0 Å². The molecule has 0 atom stereocenters. The van der Waals surface area contributed by atoms with Gasteiger partial charge in [0.25, 0.3) is 0 Å². The summed E-state index contributed by atoms with van der Waals surface area (Å²) in [5, 5.41) is 2.68. The Bertz CT molecular complexity index is 473. The number of halogens is 1. The SMILES string of the molecule is CNC(=O)C1CCN(Cc2ccnc(OC)c2F)CC1. The molecule has 1 aromatic rings. The summed E-state index contributed by atoms with van der Waals surface area (Å²) in [6, 6.07) is 1.67. The zero-order chi connectivity index (χ0) is 14.5. The fraction of sp³-hybridized carbons (Fsp3) is 0.571. The standard InChI is InChI=1S/C14H20FN3O2/c1-16-13(19)10-4-7-18(8-5-10)9-11-3-6-17-14(20-2)12(11)15/h3,6,10H,4-5,7-9H2,1-2H3,(H,16,19). The van der Waals surface area contributed by atoms with E-state index in [0.29, 0.717) is 12.1 Å². The highest BCUT2D eigenvalue weighted by molar-refractivity contribution is 5.78. The molecule has 2 rings (SSSR count). The predicted octanol–water partition coefficient (Wildman–Crippen LogP) is 1.19. The van der Waals surface area contributed by atoms with Crippen LogP contribution >= 0.6 is 0 Å². The lowest BCUT2D eigenvalue weighted by atomic mass is 9.95. The lowest BCUT2D eigenvalue weighted by Gasteiger charge is -2.31. The molecule has 0 saturated carbocycles. The first-order valence-corrected chi connectivity index (χ1v) is 6.77. The van der Waals surface area contributed by atoms with Gasteiger partial charge in [0.1, 0.15) is 0 Å². The molecular weight excluding hydrogens is 261 g/mol. The molecule has 1 N–H and O–H groups in total. The number of hydrogen-bond donors (Lipinski definition) is 1. The number of hydrogen-bond acceptors (Lipinski definition) is 4. The second-order valence-electron chi connectivity index (χ2n) is 4.96. The number of nitrogens with one attached hydrogen (secondary N) is 1. The quantitative estimate of drug-likeness (QED) is 0.900. The monoisotopic (exact) mass is 281 g/mol. The number of aromatic nitrogens is 1. The van der Waals surface area contributed by atoms with Gasteiger partial charge in [-0.3, -0.25) is 9.69 Å². The highest BCUT2D eigenvalue weighted by Crippen LogP contribution is 2.22. The Morgan fingerprint density at radius 2 is 2.25 bits per heavy atom. The van der Waals surface area contributed by atoms with E-state index in [4.69, 9.17) is 4.74 Å². The lowest BCUT2D eigenvalue weighted by Crippen LogP contribution is -2.39. The number of likely N-dealkylation sites (tertiary alicyclic amines) is 1. The molecule has 0 radical (unpaired) electrons. The van der Waals surface area contributed by atoms with Crippen LogP contribution in [-0.2, 0) is 11.3 Å². The highest BCUT2D eigenvalue weighted by Gasteiger charge is 2.24. The number of carbonyl (C=O) groups excluding carboxylic acids is 1. The summed E-state index contributed by atoms with van der Waals surface area (Å²) in [6.45, 7) is 2.11. The van der Waals surface area contributed by atoms with E-state index in [2.05, 4.69) is 15.2 Å². The zero-order valence-corrected chi connectivity index (χ0v) is 11.9.